The first-order valence-electron chi connectivity index (χ1n) is 6.37. The summed E-state index contributed by atoms with van der Waals surface area (Å²) in [5, 5.41) is 10.8. The highest BCUT2D eigenvalue weighted by atomic mass is 19.1. The SMILES string of the molecule is Cc1ccc([N+](=O)[O-])cc1Oc1cccc(F)c1[C@H](C)N. The van der Waals surface area contributed by atoms with Gasteiger partial charge in [0.2, 0.25) is 0 Å². The summed E-state index contributed by atoms with van der Waals surface area (Å²) in [6.07, 6.45) is 0. The van der Waals surface area contributed by atoms with Crippen LogP contribution in [0.4, 0.5) is 10.1 Å². The van der Waals surface area contributed by atoms with E-state index in [1.165, 1.54) is 24.3 Å². The van der Waals surface area contributed by atoms with Gasteiger partial charge in [-0.15, -0.1) is 0 Å². The van der Waals surface area contributed by atoms with Gasteiger partial charge in [-0.2, -0.15) is 0 Å². The summed E-state index contributed by atoms with van der Waals surface area (Å²) < 4.78 is 19.5. The molecule has 6 heteroatoms. The Morgan fingerprint density at radius 3 is 2.62 bits per heavy atom. The van der Waals surface area contributed by atoms with Gasteiger partial charge in [0.15, 0.2) is 0 Å². The standard InChI is InChI=1S/C15H15FN2O3/c1-9-6-7-11(18(19)20)8-14(9)21-13-5-3-4-12(16)15(13)10(2)17/h3-8,10H,17H2,1-2H3/t10-/m0/s1. The molecule has 0 heterocycles. The summed E-state index contributed by atoms with van der Waals surface area (Å²) in [5.74, 6) is 0.0934. The summed E-state index contributed by atoms with van der Waals surface area (Å²) in [7, 11) is 0. The molecule has 0 aromatic heterocycles. The van der Waals surface area contributed by atoms with Crippen LogP contribution in [0, 0.1) is 22.9 Å². The predicted molar refractivity (Wildman–Crippen MR) is 76.9 cm³/mol. The van der Waals surface area contributed by atoms with Gasteiger partial charge in [-0.05, 0) is 37.6 Å². The Hall–Kier alpha value is -2.47. The normalized spacial score (nSPS) is 12.0. The number of aryl methyl sites for hydroxylation is 1. The number of ether oxygens (including phenoxy) is 1. The molecular formula is C15H15FN2O3. The van der Waals surface area contributed by atoms with E-state index in [-0.39, 0.29) is 17.0 Å². The van der Waals surface area contributed by atoms with Crippen molar-refractivity contribution in [3.05, 3.63) is 63.5 Å². The van der Waals surface area contributed by atoms with Gasteiger partial charge in [-0.1, -0.05) is 6.07 Å². The molecule has 1 atom stereocenters. The second-order valence-corrected chi connectivity index (χ2v) is 4.75. The van der Waals surface area contributed by atoms with E-state index in [1.54, 1.807) is 26.0 Å². The largest absolute Gasteiger partial charge is 0.456 e. The van der Waals surface area contributed by atoms with Crippen molar-refractivity contribution in [1.29, 1.82) is 0 Å². The predicted octanol–water partition coefficient (Wildman–Crippen LogP) is 3.85. The zero-order valence-corrected chi connectivity index (χ0v) is 11.7. The molecule has 0 saturated heterocycles. The number of non-ortho nitro benzene ring substituents is 1. The molecule has 0 aliphatic carbocycles. The zero-order chi connectivity index (χ0) is 15.6. The molecule has 110 valence electrons. The van der Waals surface area contributed by atoms with E-state index in [2.05, 4.69) is 0 Å². The van der Waals surface area contributed by atoms with Crippen LogP contribution in [0.2, 0.25) is 0 Å². The van der Waals surface area contributed by atoms with E-state index in [0.717, 1.165) is 0 Å². The number of nitro groups is 1. The highest BCUT2D eigenvalue weighted by Gasteiger charge is 2.16. The van der Waals surface area contributed by atoms with Gasteiger partial charge < -0.3 is 10.5 Å². The molecule has 0 fully saturated rings. The first-order valence-corrected chi connectivity index (χ1v) is 6.37. The quantitative estimate of drug-likeness (QED) is 0.685. The van der Waals surface area contributed by atoms with Crippen molar-refractivity contribution in [2.75, 3.05) is 0 Å². The topological polar surface area (TPSA) is 78.4 Å². The second-order valence-electron chi connectivity index (χ2n) is 4.75. The molecule has 2 N–H and O–H groups in total. The minimum Gasteiger partial charge on any atom is -0.456 e. The molecule has 0 aliphatic heterocycles. The molecule has 0 bridgehead atoms. The molecule has 0 aliphatic rings. The summed E-state index contributed by atoms with van der Waals surface area (Å²) in [6.45, 7) is 3.40. The Morgan fingerprint density at radius 1 is 1.29 bits per heavy atom. The number of hydrogen-bond acceptors (Lipinski definition) is 4. The number of nitro benzene ring substituents is 1. The second kappa shape index (κ2) is 5.88. The smallest absolute Gasteiger partial charge is 0.273 e. The van der Waals surface area contributed by atoms with E-state index >= 15 is 0 Å². The third-order valence-corrected chi connectivity index (χ3v) is 3.07. The van der Waals surface area contributed by atoms with Gasteiger partial charge in [0.1, 0.15) is 17.3 Å². The van der Waals surface area contributed by atoms with Crippen LogP contribution < -0.4 is 10.5 Å². The Kier molecular flexibility index (Phi) is 4.18. The van der Waals surface area contributed by atoms with E-state index in [1.807, 2.05) is 0 Å². The average molecular weight is 290 g/mol. The first-order chi connectivity index (χ1) is 9.90. The Bertz CT molecular complexity index is 687. The number of nitrogens with zero attached hydrogens (tertiary/aromatic N) is 1. The van der Waals surface area contributed by atoms with Crippen molar-refractivity contribution in [2.24, 2.45) is 5.73 Å². The number of rotatable bonds is 4. The minimum atomic E-state index is -0.555. The van der Waals surface area contributed by atoms with Crippen LogP contribution in [0.1, 0.15) is 24.1 Å². The maximum absolute atomic E-state index is 13.8. The lowest BCUT2D eigenvalue weighted by atomic mass is 10.1. The minimum absolute atomic E-state index is 0.0886. The molecule has 2 aromatic rings. The highest BCUT2D eigenvalue weighted by molar-refractivity contribution is 5.47. The lowest BCUT2D eigenvalue weighted by Gasteiger charge is -2.15. The summed E-state index contributed by atoms with van der Waals surface area (Å²) in [5.41, 5.74) is 6.62. The summed E-state index contributed by atoms with van der Waals surface area (Å²) in [4.78, 5) is 10.3. The zero-order valence-electron chi connectivity index (χ0n) is 11.7. The van der Waals surface area contributed by atoms with Gasteiger partial charge in [0, 0.05) is 17.7 Å². The van der Waals surface area contributed by atoms with Gasteiger partial charge >= 0.3 is 0 Å². The number of benzene rings is 2. The molecule has 2 rings (SSSR count). The maximum atomic E-state index is 13.8. The van der Waals surface area contributed by atoms with E-state index in [0.29, 0.717) is 11.3 Å². The molecule has 2 aromatic carbocycles. The van der Waals surface area contributed by atoms with Gasteiger partial charge in [0.25, 0.3) is 5.69 Å². The highest BCUT2D eigenvalue weighted by Crippen LogP contribution is 2.33. The molecule has 0 saturated carbocycles. The summed E-state index contributed by atoms with van der Waals surface area (Å²) in [6, 6.07) is 8.11. The van der Waals surface area contributed by atoms with Crippen molar-refractivity contribution in [3.63, 3.8) is 0 Å². The van der Waals surface area contributed by atoms with Crippen molar-refractivity contribution in [1.82, 2.24) is 0 Å². The van der Waals surface area contributed by atoms with Crippen LogP contribution >= 0.6 is 0 Å². The van der Waals surface area contributed by atoms with E-state index in [9.17, 15) is 14.5 Å². The van der Waals surface area contributed by atoms with Gasteiger partial charge in [0.05, 0.1) is 11.0 Å². The van der Waals surface area contributed by atoms with Crippen LogP contribution in [-0.4, -0.2) is 4.92 Å². The fraction of sp³-hybridized carbons (Fsp3) is 0.200. The van der Waals surface area contributed by atoms with Crippen molar-refractivity contribution in [2.45, 2.75) is 19.9 Å². The van der Waals surface area contributed by atoms with Crippen LogP contribution in [-0.2, 0) is 0 Å². The fourth-order valence-electron chi connectivity index (χ4n) is 1.98. The Labute approximate surface area is 121 Å². The molecule has 21 heavy (non-hydrogen) atoms. The van der Waals surface area contributed by atoms with E-state index in [4.69, 9.17) is 10.5 Å². The van der Waals surface area contributed by atoms with Crippen molar-refractivity contribution >= 4 is 5.69 Å². The first kappa shape index (κ1) is 14.9. The Morgan fingerprint density at radius 2 is 2.00 bits per heavy atom. The van der Waals surface area contributed by atoms with Crippen molar-refractivity contribution < 1.29 is 14.1 Å². The molecule has 5 nitrogen and oxygen atoms in total. The van der Waals surface area contributed by atoms with Crippen LogP contribution in [0.25, 0.3) is 0 Å². The average Bonchev–Trinajstić information content (AvgIpc) is 2.40. The van der Waals surface area contributed by atoms with Crippen LogP contribution in [0.15, 0.2) is 36.4 Å². The van der Waals surface area contributed by atoms with Crippen LogP contribution in [0.3, 0.4) is 0 Å². The lowest BCUT2D eigenvalue weighted by molar-refractivity contribution is -0.384. The van der Waals surface area contributed by atoms with Crippen molar-refractivity contribution in [3.8, 4) is 11.5 Å². The lowest BCUT2D eigenvalue weighted by Crippen LogP contribution is -2.09. The molecule has 0 amide bonds. The molecule has 0 radical (unpaired) electrons. The third-order valence-electron chi connectivity index (χ3n) is 3.07. The van der Waals surface area contributed by atoms with Gasteiger partial charge in [-0.3, -0.25) is 10.1 Å². The third kappa shape index (κ3) is 3.17. The number of halogens is 1. The van der Waals surface area contributed by atoms with Gasteiger partial charge in [-0.25, -0.2) is 4.39 Å². The fourth-order valence-corrected chi connectivity index (χ4v) is 1.98. The molecule has 0 unspecified atom stereocenters. The summed E-state index contributed by atoms with van der Waals surface area (Å²) >= 11 is 0. The number of hydrogen-bond donors (Lipinski definition) is 1. The number of nitrogens with two attached hydrogens (primary N) is 1. The Balaban J connectivity index is 2.45. The van der Waals surface area contributed by atoms with Crippen LogP contribution in [0.5, 0.6) is 11.5 Å². The molecular weight excluding hydrogens is 275 g/mol. The monoisotopic (exact) mass is 290 g/mol. The maximum Gasteiger partial charge on any atom is 0.273 e. The van der Waals surface area contributed by atoms with E-state index < -0.39 is 16.8 Å². The molecule has 0 spiro atoms.